The molecule has 2 aliphatic rings. The number of nitrogens with one attached hydrogen (secondary N) is 2. The molecule has 6 nitrogen and oxygen atoms in total. The number of rotatable bonds is 5. The summed E-state index contributed by atoms with van der Waals surface area (Å²) in [7, 11) is 1.58. The summed E-state index contributed by atoms with van der Waals surface area (Å²) in [5.41, 5.74) is 0. The van der Waals surface area contributed by atoms with Crippen LogP contribution in [0.4, 0.5) is 4.79 Å². The molecule has 2 rings (SSSR count). The van der Waals surface area contributed by atoms with E-state index in [4.69, 9.17) is 4.74 Å². The van der Waals surface area contributed by atoms with E-state index in [1.165, 1.54) is 32.1 Å². The minimum absolute atomic E-state index is 0.119. The summed E-state index contributed by atoms with van der Waals surface area (Å²) in [6.45, 7) is 4.76. The SMILES string of the molecule is COC[C@H](C)NC(=O)NC(=O)CN1[C@H](C)C[C@H]2CCCC[C@@H]21. The predicted molar refractivity (Wildman–Crippen MR) is 84.5 cm³/mol. The highest BCUT2D eigenvalue weighted by Gasteiger charge is 2.40. The number of nitrogens with zero attached hydrogens (tertiary/aromatic N) is 1. The van der Waals surface area contributed by atoms with Crippen molar-refractivity contribution in [1.82, 2.24) is 15.5 Å². The summed E-state index contributed by atoms with van der Waals surface area (Å²) < 4.78 is 4.95. The maximum atomic E-state index is 12.1. The van der Waals surface area contributed by atoms with Gasteiger partial charge in [-0.25, -0.2) is 4.79 Å². The lowest BCUT2D eigenvalue weighted by Gasteiger charge is -2.32. The van der Waals surface area contributed by atoms with Crippen molar-refractivity contribution in [3.05, 3.63) is 0 Å². The van der Waals surface area contributed by atoms with Gasteiger partial charge in [-0.1, -0.05) is 12.8 Å². The highest BCUT2D eigenvalue weighted by molar-refractivity contribution is 5.95. The Balaban J connectivity index is 1.80. The first-order valence-electron chi connectivity index (χ1n) is 8.36. The second-order valence-electron chi connectivity index (χ2n) is 6.75. The molecule has 2 fully saturated rings. The van der Waals surface area contributed by atoms with E-state index in [9.17, 15) is 9.59 Å². The van der Waals surface area contributed by atoms with Crippen LogP contribution in [0.2, 0.25) is 0 Å². The van der Waals surface area contributed by atoms with Crippen molar-refractivity contribution in [2.45, 2.75) is 64.1 Å². The van der Waals surface area contributed by atoms with E-state index in [1.54, 1.807) is 7.11 Å². The van der Waals surface area contributed by atoms with Crippen molar-refractivity contribution in [1.29, 1.82) is 0 Å². The minimum Gasteiger partial charge on any atom is -0.383 e. The number of carbonyl (C=O) groups excluding carboxylic acids is 2. The Hall–Kier alpha value is -1.14. The van der Waals surface area contributed by atoms with Gasteiger partial charge in [-0.2, -0.15) is 0 Å². The molecule has 0 spiro atoms. The van der Waals surface area contributed by atoms with Gasteiger partial charge in [-0.3, -0.25) is 15.0 Å². The average Bonchev–Trinajstić information content (AvgIpc) is 2.75. The lowest BCUT2D eigenvalue weighted by Crippen LogP contribution is -2.50. The predicted octanol–water partition coefficient (Wildman–Crippen LogP) is 1.50. The van der Waals surface area contributed by atoms with Gasteiger partial charge >= 0.3 is 6.03 Å². The molecule has 1 heterocycles. The van der Waals surface area contributed by atoms with Crippen LogP contribution in [0, 0.1) is 5.92 Å². The van der Waals surface area contributed by atoms with Gasteiger partial charge in [0.1, 0.15) is 0 Å². The molecule has 22 heavy (non-hydrogen) atoms. The van der Waals surface area contributed by atoms with E-state index < -0.39 is 6.03 Å². The Kier molecular flexibility index (Phi) is 6.20. The standard InChI is InChI=1S/C16H29N3O3/c1-11(10-22-3)17-16(21)18-15(20)9-19-12(2)8-13-6-4-5-7-14(13)19/h11-14H,4-10H2,1-3H3,(H2,17,18,20,21)/t11-,12+,13+,14-/m0/s1. The zero-order valence-corrected chi connectivity index (χ0v) is 13.9. The van der Waals surface area contributed by atoms with Crippen LogP contribution in [0.25, 0.3) is 0 Å². The molecule has 1 aliphatic carbocycles. The topological polar surface area (TPSA) is 70.7 Å². The van der Waals surface area contributed by atoms with Crippen LogP contribution in [0.1, 0.15) is 46.0 Å². The minimum atomic E-state index is -0.443. The monoisotopic (exact) mass is 311 g/mol. The van der Waals surface area contributed by atoms with Gasteiger partial charge in [0.2, 0.25) is 5.91 Å². The Labute approximate surface area is 132 Å². The summed E-state index contributed by atoms with van der Waals surface area (Å²) in [6, 6.07) is 0.382. The van der Waals surface area contributed by atoms with E-state index >= 15 is 0 Å². The van der Waals surface area contributed by atoms with Crippen molar-refractivity contribution in [3.63, 3.8) is 0 Å². The molecule has 6 heteroatoms. The molecule has 0 aromatic rings. The summed E-state index contributed by atoms with van der Waals surface area (Å²) in [6.07, 6.45) is 6.20. The number of amides is 3. The zero-order valence-electron chi connectivity index (χ0n) is 13.9. The van der Waals surface area contributed by atoms with Crippen molar-refractivity contribution >= 4 is 11.9 Å². The number of urea groups is 1. The molecular weight excluding hydrogens is 282 g/mol. The lowest BCUT2D eigenvalue weighted by atomic mass is 9.85. The molecule has 3 amide bonds. The first-order valence-corrected chi connectivity index (χ1v) is 8.36. The quantitative estimate of drug-likeness (QED) is 0.807. The Morgan fingerprint density at radius 3 is 2.77 bits per heavy atom. The summed E-state index contributed by atoms with van der Waals surface area (Å²) in [5, 5.41) is 5.12. The molecule has 0 radical (unpaired) electrons. The van der Waals surface area contributed by atoms with E-state index in [0.717, 1.165) is 5.92 Å². The van der Waals surface area contributed by atoms with Crippen LogP contribution in [0.3, 0.4) is 0 Å². The Morgan fingerprint density at radius 2 is 2.05 bits per heavy atom. The lowest BCUT2D eigenvalue weighted by molar-refractivity contribution is -0.122. The van der Waals surface area contributed by atoms with E-state index in [1.807, 2.05) is 6.92 Å². The number of methoxy groups -OCH3 is 1. The highest BCUT2D eigenvalue weighted by atomic mass is 16.5. The largest absolute Gasteiger partial charge is 0.383 e. The molecule has 0 aromatic carbocycles. The number of likely N-dealkylation sites (tertiary alicyclic amines) is 1. The third-order valence-electron chi connectivity index (χ3n) is 4.88. The van der Waals surface area contributed by atoms with E-state index in [-0.39, 0.29) is 11.9 Å². The van der Waals surface area contributed by atoms with Crippen molar-refractivity contribution in [2.24, 2.45) is 5.92 Å². The van der Waals surface area contributed by atoms with Gasteiger partial charge in [0, 0.05) is 19.2 Å². The first-order chi connectivity index (χ1) is 10.5. The van der Waals surface area contributed by atoms with Crippen LogP contribution in [0.5, 0.6) is 0 Å². The second kappa shape index (κ2) is 7.92. The fourth-order valence-corrected chi connectivity index (χ4v) is 3.96. The molecule has 1 aliphatic heterocycles. The molecule has 1 saturated carbocycles. The smallest absolute Gasteiger partial charge is 0.321 e. The molecule has 0 aromatic heterocycles. The molecule has 0 bridgehead atoms. The van der Waals surface area contributed by atoms with Crippen LogP contribution in [-0.4, -0.2) is 55.2 Å². The van der Waals surface area contributed by atoms with E-state index in [2.05, 4.69) is 22.5 Å². The first kappa shape index (κ1) is 17.2. The van der Waals surface area contributed by atoms with Crippen LogP contribution in [0.15, 0.2) is 0 Å². The fourth-order valence-electron chi connectivity index (χ4n) is 3.96. The fraction of sp³-hybridized carbons (Fsp3) is 0.875. The van der Waals surface area contributed by atoms with Crippen LogP contribution in [-0.2, 0) is 9.53 Å². The molecule has 4 atom stereocenters. The number of carbonyl (C=O) groups is 2. The van der Waals surface area contributed by atoms with Crippen molar-refractivity contribution < 1.29 is 14.3 Å². The van der Waals surface area contributed by atoms with Crippen molar-refractivity contribution in [2.75, 3.05) is 20.3 Å². The highest BCUT2D eigenvalue weighted by Crippen LogP contribution is 2.39. The Bertz CT molecular complexity index is 402. The number of fused-ring (bicyclic) bond motifs is 1. The van der Waals surface area contributed by atoms with Gasteiger partial charge in [0.05, 0.1) is 19.2 Å². The summed E-state index contributed by atoms with van der Waals surface area (Å²) >= 11 is 0. The van der Waals surface area contributed by atoms with E-state index in [0.29, 0.717) is 25.2 Å². The van der Waals surface area contributed by atoms with Gasteiger partial charge in [0.15, 0.2) is 0 Å². The molecular formula is C16H29N3O3. The number of hydrogen-bond donors (Lipinski definition) is 2. The zero-order chi connectivity index (χ0) is 16.1. The maximum absolute atomic E-state index is 12.1. The molecule has 0 unspecified atom stereocenters. The second-order valence-corrected chi connectivity index (χ2v) is 6.75. The number of ether oxygens (including phenoxy) is 1. The Morgan fingerprint density at radius 1 is 1.32 bits per heavy atom. The van der Waals surface area contributed by atoms with Crippen LogP contribution >= 0.6 is 0 Å². The van der Waals surface area contributed by atoms with Crippen molar-refractivity contribution in [3.8, 4) is 0 Å². The molecule has 126 valence electrons. The summed E-state index contributed by atoms with van der Waals surface area (Å²) in [4.78, 5) is 26.2. The van der Waals surface area contributed by atoms with Gasteiger partial charge < -0.3 is 10.1 Å². The summed E-state index contributed by atoms with van der Waals surface area (Å²) in [5.74, 6) is 0.507. The number of hydrogen-bond acceptors (Lipinski definition) is 4. The number of imide groups is 1. The average molecular weight is 311 g/mol. The van der Waals surface area contributed by atoms with Gasteiger partial charge in [-0.05, 0) is 39.0 Å². The van der Waals surface area contributed by atoms with Crippen LogP contribution < -0.4 is 10.6 Å². The normalized spacial score (nSPS) is 29.7. The maximum Gasteiger partial charge on any atom is 0.321 e. The molecule has 2 N–H and O–H groups in total. The third kappa shape index (κ3) is 4.43. The van der Waals surface area contributed by atoms with Gasteiger partial charge in [0.25, 0.3) is 0 Å². The third-order valence-corrected chi connectivity index (χ3v) is 4.88. The molecule has 1 saturated heterocycles. The van der Waals surface area contributed by atoms with Gasteiger partial charge in [-0.15, -0.1) is 0 Å².